The van der Waals surface area contributed by atoms with Crippen molar-refractivity contribution in [2.24, 2.45) is 0 Å². The number of nitrogens with one attached hydrogen (secondary N) is 1. The average Bonchev–Trinajstić information content (AvgIpc) is 2.44. The van der Waals surface area contributed by atoms with Crippen LogP contribution in [-0.4, -0.2) is 48.9 Å². The molecule has 20 heavy (non-hydrogen) atoms. The lowest BCUT2D eigenvalue weighted by atomic mass is 10.1. The Morgan fingerprint density at radius 3 is 2.75 bits per heavy atom. The SMILES string of the molecule is C/C=C/CC(NC(=O)CCOC1CCOCC1)C(=O)O. The van der Waals surface area contributed by atoms with Crippen molar-refractivity contribution >= 4 is 11.9 Å². The number of rotatable bonds is 8. The number of ether oxygens (including phenoxy) is 2. The molecular formula is C14H23NO5. The molecule has 114 valence electrons. The van der Waals surface area contributed by atoms with Crippen molar-refractivity contribution in [1.29, 1.82) is 0 Å². The van der Waals surface area contributed by atoms with Crippen LogP contribution in [0.1, 0.15) is 32.6 Å². The van der Waals surface area contributed by atoms with Gasteiger partial charge >= 0.3 is 5.97 Å². The van der Waals surface area contributed by atoms with Crippen molar-refractivity contribution in [3.8, 4) is 0 Å². The number of carbonyl (C=O) groups excluding carboxylic acids is 1. The highest BCUT2D eigenvalue weighted by atomic mass is 16.5. The Bertz CT molecular complexity index is 336. The van der Waals surface area contributed by atoms with Crippen LogP contribution in [0.4, 0.5) is 0 Å². The Balaban J connectivity index is 2.21. The van der Waals surface area contributed by atoms with Crippen LogP contribution in [0.25, 0.3) is 0 Å². The highest BCUT2D eigenvalue weighted by Crippen LogP contribution is 2.10. The Morgan fingerprint density at radius 1 is 1.45 bits per heavy atom. The maximum atomic E-state index is 11.7. The van der Waals surface area contributed by atoms with Crippen molar-refractivity contribution < 1.29 is 24.2 Å². The summed E-state index contributed by atoms with van der Waals surface area (Å²) in [6.07, 6.45) is 5.79. The van der Waals surface area contributed by atoms with Crippen molar-refractivity contribution in [3.63, 3.8) is 0 Å². The first-order valence-corrected chi connectivity index (χ1v) is 6.96. The van der Waals surface area contributed by atoms with E-state index < -0.39 is 12.0 Å². The van der Waals surface area contributed by atoms with Crippen LogP contribution in [0.3, 0.4) is 0 Å². The van der Waals surface area contributed by atoms with E-state index in [0.717, 1.165) is 12.8 Å². The number of hydrogen-bond acceptors (Lipinski definition) is 4. The van der Waals surface area contributed by atoms with E-state index in [2.05, 4.69) is 5.32 Å². The number of allylic oxidation sites excluding steroid dienone is 1. The standard InChI is InChI=1S/C14H23NO5/c1-2-3-4-12(14(17)18)15-13(16)7-10-20-11-5-8-19-9-6-11/h2-3,11-12H,4-10H2,1H3,(H,15,16)(H,17,18)/b3-2+. The molecule has 2 N–H and O–H groups in total. The Morgan fingerprint density at radius 2 is 2.15 bits per heavy atom. The Hall–Kier alpha value is -1.40. The molecule has 0 aliphatic carbocycles. The van der Waals surface area contributed by atoms with Crippen LogP contribution in [0.5, 0.6) is 0 Å². The number of carbonyl (C=O) groups is 2. The third-order valence-electron chi connectivity index (χ3n) is 3.09. The van der Waals surface area contributed by atoms with E-state index in [1.807, 2.05) is 6.92 Å². The van der Waals surface area contributed by atoms with E-state index in [1.54, 1.807) is 12.2 Å². The molecule has 1 atom stereocenters. The summed E-state index contributed by atoms with van der Waals surface area (Å²) in [5, 5.41) is 11.5. The van der Waals surface area contributed by atoms with E-state index in [1.165, 1.54) is 0 Å². The molecular weight excluding hydrogens is 262 g/mol. The molecule has 0 aromatic carbocycles. The molecule has 0 spiro atoms. The highest BCUT2D eigenvalue weighted by Gasteiger charge is 2.19. The van der Waals surface area contributed by atoms with Crippen molar-refractivity contribution in [1.82, 2.24) is 5.32 Å². The summed E-state index contributed by atoms with van der Waals surface area (Å²) < 4.78 is 10.8. The van der Waals surface area contributed by atoms with Gasteiger partial charge in [-0.15, -0.1) is 0 Å². The lowest BCUT2D eigenvalue weighted by Crippen LogP contribution is -2.40. The number of carboxylic acids is 1. The average molecular weight is 285 g/mol. The van der Waals surface area contributed by atoms with E-state index in [-0.39, 0.29) is 18.4 Å². The summed E-state index contributed by atoms with van der Waals surface area (Å²) in [6, 6.07) is -0.873. The fraction of sp³-hybridized carbons (Fsp3) is 0.714. The van der Waals surface area contributed by atoms with Crippen molar-refractivity contribution in [3.05, 3.63) is 12.2 Å². The number of aliphatic carboxylic acids is 1. The molecule has 1 saturated heterocycles. The van der Waals surface area contributed by atoms with Crippen LogP contribution in [0, 0.1) is 0 Å². The minimum absolute atomic E-state index is 0.148. The van der Waals surface area contributed by atoms with Gasteiger partial charge in [-0.2, -0.15) is 0 Å². The topological polar surface area (TPSA) is 84.9 Å². The zero-order valence-corrected chi connectivity index (χ0v) is 11.8. The van der Waals surface area contributed by atoms with Gasteiger partial charge in [-0.3, -0.25) is 4.79 Å². The van der Waals surface area contributed by atoms with Gasteiger partial charge in [0.15, 0.2) is 0 Å². The van der Waals surface area contributed by atoms with Gasteiger partial charge in [-0.25, -0.2) is 4.79 Å². The first kappa shape index (κ1) is 16.7. The van der Waals surface area contributed by atoms with Crippen molar-refractivity contribution in [2.75, 3.05) is 19.8 Å². The predicted molar refractivity (Wildman–Crippen MR) is 73.4 cm³/mol. The molecule has 1 aliphatic rings. The first-order chi connectivity index (χ1) is 9.63. The smallest absolute Gasteiger partial charge is 0.326 e. The molecule has 0 radical (unpaired) electrons. The maximum Gasteiger partial charge on any atom is 0.326 e. The monoisotopic (exact) mass is 285 g/mol. The van der Waals surface area contributed by atoms with Crippen LogP contribution < -0.4 is 5.32 Å². The third-order valence-corrected chi connectivity index (χ3v) is 3.09. The second-order valence-corrected chi connectivity index (χ2v) is 4.70. The lowest BCUT2D eigenvalue weighted by molar-refractivity contribution is -0.142. The van der Waals surface area contributed by atoms with Crippen LogP contribution in [-0.2, 0) is 19.1 Å². The summed E-state index contributed by atoms with van der Waals surface area (Å²) in [7, 11) is 0. The zero-order chi connectivity index (χ0) is 14.8. The molecule has 6 nitrogen and oxygen atoms in total. The van der Waals surface area contributed by atoms with E-state index in [4.69, 9.17) is 14.6 Å². The number of carboxylic acid groups (broad SMARTS) is 1. The summed E-state index contributed by atoms with van der Waals surface area (Å²) >= 11 is 0. The van der Waals surface area contributed by atoms with Gasteiger partial charge in [-0.05, 0) is 26.2 Å². The fourth-order valence-electron chi connectivity index (χ4n) is 1.92. The highest BCUT2D eigenvalue weighted by molar-refractivity contribution is 5.83. The van der Waals surface area contributed by atoms with Gasteiger partial charge in [-0.1, -0.05) is 12.2 Å². The normalized spacial score (nSPS) is 18.1. The second-order valence-electron chi connectivity index (χ2n) is 4.70. The molecule has 0 aromatic rings. The van der Waals surface area contributed by atoms with Gasteiger partial charge in [0.2, 0.25) is 5.91 Å². The van der Waals surface area contributed by atoms with E-state index in [0.29, 0.717) is 26.2 Å². The lowest BCUT2D eigenvalue weighted by Gasteiger charge is -2.22. The third kappa shape index (κ3) is 6.68. The summed E-state index contributed by atoms with van der Waals surface area (Å²) in [6.45, 7) is 3.51. The Kier molecular flexibility index (Phi) is 7.91. The fourth-order valence-corrected chi connectivity index (χ4v) is 1.92. The van der Waals surface area contributed by atoms with E-state index >= 15 is 0 Å². The van der Waals surface area contributed by atoms with Crippen LogP contribution in [0.2, 0.25) is 0 Å². The van der Waals surface area contributed by atoms with Crippen LogP contribution >= 0.6 is 0 Å². The molecule has 1 aliphatic heterocycles. The molecule has 1 amide bonds. The molecule has 6 heteroatoms. The van der Waals surface area contributed by atoms with E-state index in [9.17, 15) is 9.59 Å². The minimum Gasteiger partial charge on any atom is -0.480 e. The largest absolute Gasteiger partial charge is 0.480 e. The summed E-state index contributed by atoms with van der Waals surface area (Å²) in [4.78, 5) is 22.6. The van der Waals surface area contributed by atoms with Gasteiger partial charge in [0.1, 0.15) is 6.04 Å². The summed E-state index contributed by atoms with van der Waals surface area (Å²) in [5.41, 5.74) is 0. The molecule has 0 bridgehead atoms. The summed E-state index contributed by atoms with van der Waals surface area (Å²) in [5.74, 6) is -1.32. The molecule has 1 unspecified atom stereocenters. The second kappa shape index (κ2) is 9.50. The number of amides is 1. The van der Waals surface area contributed by atoms with Crippen LogP contribution in [0.15, 0.2) is 12.2 Å². The Labute approximate surface area is 119 Å². The zero-order valence-electron chi connectivity index (χ0n) is 11.8. The van der Waals surface area contributed by atoms with Gasteiger partial charge in [0, 0.05) is 19.6 Å². The molecule has 0 aromatic heterocycles. The minimum atomic E-state index is -1.03. The maximum absolute atomic E-state index is 11.7. The molecule has 1 heterocycles. The first-order valence-electron chi connectivity index (χ1n) is 6.96. The molecule has 0 saturated carbocycles. The number of hydrogen-bond donors (Lipinski definition) is 2. The molecule has 1 rings (SSSR count). The predicted octanol–water partition coefficient (Wildman–Crippen LogP) is 1.11. The molecule has 1 fully saturated rings. The van der Waals surface area contributed by atoms with Gasteiger partial charge < -0.3 is 19.9 Å². The van der Waals surface area contributed by atoms with Gasteiger partial charge in [0.05, 0.1) is 12.7 Å². The quantitative estimate of drug-likeness (QED) is 0.653. The van der Waals surface area contributed by atoms with Gasteiger partial charge in [0.25, 0.3) is 0 Å². The van der Waals surface area contributed by atoms with Crippen molar-refractivity contribution in [2.45, 2.75) is 44.8 Å².